The number of aryl methyl sites for hydroxylation is 3. The molecule has 0 aliphatic heterocycles. The maximum Gasteiger partial charge on any atom is 0.143 e. The predicted octanol–water partition coefficient (Wildman–Crippen LogP) is 2.72. The number of nitrogens with one attached hydrogen (secondary N) is 1. The molecule has 5 nitrogen and oxygen atoms in total. The minimum Gasteiger partial charge on any atom is -0.545 e. The summed E-state index contributed by atoms with van der Waals surface area (Å²) in [7, 11) is 0. The molecule has 0 saturated carbocycles. The molecule has 0 amide bonds. The molecule has 0 fully saturated rings. The number of aromatic nitrogens is 2. The minimum atomic E-state index is -1.18. The first-order valence-electron chi connectivity index (χ1n) is 6.78. The van der Waals surface area contributed by atoms with Crippen molar-refractivity contribution >= 4 is 39.0 Å². The van der Waals surface area contributed by atoms with Gasteiger partial charge >= 0.3 is 0 Å². The van der Waals surface area contributed by atoms with Crippen molar-refractivity contribution in [2.75, 3.05) is 5.32 Å². The van der Waals surface area contributed by atoms with Gasteiger partial charge in [0.15, 0.2) is 0 Å². The van der Waals surface area contributed by atoms with Gasteiger partial charge in [-0.15, -0.1) is 11.3 Å². The Labute approximate surface area is 131 Å². The van der Waals surface area contributed by atoms with Gasteiger partial charge in [-0.25, -0.2) is 9.97 Å². The molecule has 0 saturated heterocycles. The number of benzene rings is 1. The second-order valence-corrected chi connectivity index (χ2v) is 6.28. The Morgan fingerprint density at radius 2 is 1.82 bits per heavy atom. The van der Waals surface area contributed by atoms with Gasteiger partial charge in [0.2, 0.25) is 0 Å². The molecule has 1 aromatic carbocycles. The summed E-state index contributed by atoms with van der Waals surface area (Å²) in [6, 6.07) is 6.41. The van der Waals surface area contributed by atoms with Crippen molar-refractivity contribution in [2.45, 2.75) is 20.8 Å². The Bertz CT molecular complexity index is 869. The van der Waals surface area contributed by atoms with E-state index in [4.69, 9.17) is 0 Å². The highest BCUT2D eigenvalue weighted by Gasteiger charge is 2.13. The van der Waals surface area contributed by atoms with Crippen LogP contribution >= 0.6 is 11.3 Å². The summed E-state index contributed by atoms with van der Waals surface area (Å²) in [5, 5.41) is 15.0. The van der Waals surface area contributed by atoms with Crippen LogP contribution in [0.5, 0.6) is 0 Å². The minimum absolute atomic E-state index is 0.150. The lowest BCUT2D eigenvalue weighted by atomic mass is 10.2. The van der Waals surface area contributed by atoms with Gasteiger partial charge in [-0.3, -0.25) is 0 Å². The van der Waals surface area contributed by atoms with Gasteiger partial charge < -0.3 is 15.2 Å². The van der Waals surface area contributed by atoms with Crippen molar-refractivity contribution in [1.82, 2.24) is 9.97 Å². The van der Waals surface area contributed by atoms with Gasteiger partial charge in [-0.2, -0.15) is 0 Å². The van der Waals surface area contributed by atoms with Crippen LogP contribution in [0, 0.1) is 20.8 Å². The van der Waals surface area contributed by atoms with Crippen LogP contribution in [0.3, 0.4) is 0 Å². The monoisotopic (exact) mass is 312 g/mol. The highest BCUT2D eigenvalue weighted by molar-refractivity contribution is 7.18. The van der Waals surface area contributed by atoms with E-state index < -0.39 is 5.97 Å². The average Bonchev–Trinajstić information content (AvgIpc) is 2.74. The number of carboxylic acid groups (broad SMARTS) is 1. The number of rotatable bonds is 3. The van der Waals surface area contributed by atoms with Crippen LogP contribution in [-0.4, -0.2) is 15.9 Å². The van der Waals surface area contributed by atoms with E-state index in [1.807, 2.05) is 6.92 Å². The van der Waals surface area contributed by atoms with E-state index in [0.29, 0.717) is 5.82 Å². The van der Waals surface area contributed by atoms with Gasteiger partial charge in [-0.05, 0) is 44.0 Å². The average molecular weight is 312 g/mol. The summed E-state index contributed by atoms with van der Waals surface area (Å²) in [5.41, 5.74) is 2.08. The molecular formula is C16H14N3O2S-. The quantitative estimate of drug-likeness (QED) is 0.804. The largest absolute Gasteiger partial charge is 0.545 e. The number of carbonyl (C=O) groups excluding carboxylic acids is 1. The Balaban J connectivity index is 2.04. The Morgan fingerprint density at radius 3 is 2.45 bits per heavy atom. The topological polar surface area (TPSA) is 77.9 Å². The predicted molar refractivity (Wildman–Crippen MR) is 85.7 cm³/mol. The number of anilines is 2. The van der Waals surface area contributed by atoms with Crippen LogP contribution in [0.25, 0.3) is 10.2 Å². The molecule has 0 unspecified atom stereocenters. The van der Waals surface area contributed by atoms with Crippen molar-refractivity contribution in [3.63, 3.8) is 0 Å². The summed E-state index contributed by atoms with van der Waals surface area (Å²) < 4.78 is 0. The van der Waals surface area contributed by atoms with E-state index >= 15 is 0 Å². The van der Waals surface area contributed by atoms with Crippen LogP contribution in [0.4, 0.5) is 11.5 Å². The zero-order chi connectivity index (χ0) is 15.9. The molecule has 0 aliphatic carbocycles. The number of nitrogens with zero attached hydrogens (tertiary/aromatic N) is 2. The molecule has 22 heavy (non-hydrogen) atoms. The maximum atomic E-state index is 10.8. The Morgan fingerprint density at radius 1 is 1.14 bits per heavy atom. The molecule has 3 rings (SSSR count). The number of thiophene rings is 1. The van der Waals surface area contributed by atoms with Crippen LogP contribution in [0.2, 0.25) is 0 Å². The van der Waals surface area contributed by atoms with Crippen LogP contribution < -0.4 is 10.4 Å². The second kappa shape index (κ2) is 5.38. The molecule has 112 valence electrons. The van der Waals surface area contributed by atoms with Gasteiger partial charge in [0.1, 0.15) is 16.5 Å². The first-order chi connectivity index (χ1) is 10.5. The molecule has 6 heteroatoms. The molecule has 1 N–H and O–H groups in total. The molecule has 3 aromatic rings. The Kier molecular flexibility index (Phi) is 3.54. The highest BCUT2D eigenvalue weighted by atomic mass is 32.1. The zero-order valence-corrected chi connectivity index (χ0v) is 13.2. The lowest BCUT2D eigenvalue weighted by Gasteiger charge is -2.09. The first-order valence-corrected chi connectivity index (χ1v) is 7.60. The molecule has 0 spiro atoms. The van der Waals surface area contributed by atoms with Crippen molar-refractivity contribution in [1.29, 1.82) is 0 Å². The normalized spacial score (nSPS) is 10.9. The van der Waals surface area contributed by atoms with Gasteiger partial charge in [-0.1, -0.05) is 12.1 Å². The summed E-state index contributed by atoms with van der Waals surface area (Å²) in [5.74, 6) is 0.254. The van der Waals surface area contributed by atoms with E-state index in [-0.39, 0.29) is 5.56 Å². The number of hydrogen-bond acceptors (Lipinski definition) is 6. The molecule has 0 radical (unpaired) electrons. The summed E-state index contributed by atoms with van der Waals surface area (Å²) in [6.45, 7) is 5.97. The third-order valence-corrected chi connectivity index (χ3v) is 4.62. The smallest absolute Gasteiger partial charge is 0.143 e. The summed E-state index contributed by atoms with van der Waals surface area (Å²) in [4.78, 5) is 21.9. The number of carboxylic acids is 1. The zero-order valence-electron chi connectivity index (χ0n) is 12.4. The van der Waals surface area contributed by atoms with Crippen LogP contribution in [-0.2, 0) is 0 Å². The third kappa shape index (κ3) is 2.53. The number of carbonyl (C=O) groups is 1. The fourth-order valence-electron chi connectivity index (χ4n) is 2.27. The molecule has 0 bridgehead atoms. The lowest BCUT2D eigenvalue weighted by Crippen LogP contribution is -2.21. The van der Waals surface area contributed by atoms with Crippen molar-refractivity contribution in [3.05, 3.63) is 46.1 Å². The standard InChI is InChI=1S/C16H15N3O2S/c1-8-9(2)22-15-13(8)14(17-10(3)18-15)19-12-6-4-11(5-7-12)16(20)21/h4-7H,1-3H3,(H,20,21)(H,17,18,19)/p-1. The van der Waals surface area contributed by atoms with Gasteiger partial charge in [0.05, 0.1) is 11.4 Å². The maximum absolute atomic E-state index is 10.8. The van der Waals surface area contributed by atoms with Crippen LogP contribution in [0.1, 0.15) is 26.6 Å². The molecule has 0 aliphatic rings. The van der Waals surface area contributed by atoms with E-state index in [9.17, 15) is 9.90 Å². The lowest BCUT2D eigenvalue weighted by molar-refractivity contribution is -0.255. The van der Waals surface area contributed by atoms with Crippen molar-refractivity contribution in [2.24, 2.45) is 0 Å². The highest BCUT2D eigenvalue weighted by Crippen LogP contribution is 2.34. The first kappa shape index (κ1) is 14.5. The van der Waals surface area contributed by atoms with Crippen molar-refractivity contribution in [3.8, 4) is 0 Å². The van der Waals surface area contributed by atoms with Crippen molar-refractivity contribution < 1.29 is 9.90 Å². The molecule has 2 aromatic heterocycles. The van der Waals surface area contributed by atoms with E-state index in [1.165, 1.54) is 17.0 Å². The van der Waals surface area contributed by atoms with Gasteiger partial charge in [0, 0.05) is 10.6 Å². The fraction of sp³-hybridized carbons (Fsp3) is 0.188. The SMILES string of the molecule is Cc1nc(Nc2ccc(C(=O)[O-])cc2)c2c(C)c(C)sc2n1. The number of fused-ring (bicyclic) bond motifs is 1. The van der Waals surface area contributed by atoms with E-state index in [2.05, 4.69) is 29.1 Å². The van der Waals surface area contributed by atoms with E-state index in [0.717, 1.165) is 27.3 Å². The van der Waals surface area contributed by atoms with Crippen LogP contribution in [0.15, 0.2) is 24.3 Å². The fourth-order valence-corrected chi connectivity index (χ4v) is 3.35. The number of aromatic carboxylic acids is 1. The number of hydrogen-bond donors (Lipinski definition) is 1. The Hall–Kier alpha value is -2.47. The third-order valence-electron chi connectivity index (χ3n) is 3.52. The molecular weight excluding hydrogens is 298 g/mol. The molecule has 2 heterocycles. The molecule has 0 atom stereocenters. The summed E-state index contributed by atoms with van der Waals surface area (Å²) >= 11 is 1.65. The van der Waals surface area contributed by atoms with E-state index in [1.54, 1.807) is 23.5 Å². The summed E-state index contributed by atoms with van der Waals surface area (Å²) in [6.07, 6.45) is 0. The second-order valence-electron chi connectivity index (χ2n) is 5.07. The van der Waals surface area contributed by atoms with Gasteiger partial charge in [0.25, 0.3) is 0 Å².